The van der Waals surface area contributed by atoms with Crippen molar-refractivity contribution in [1.29, 1.82) is 0 Å². The lowest BCUT2D eigenvalue weighted by Gasteiger charge is -2.11. The Labute approximate surface area is 161 Å². The molecule has 0 bridgehead atoms. The summed E-state index contributed by atoms with van der Waals surface area (Å²) in [5.41, 5.74) is 2.11. The van der Waals surface area contributed by atoms with Gasteiger partial charge in [-0.3, -0.25) is 9.36 Å². The summed E-state index contributed by atoms with van der Waals surface area (Å²) in [4.78, 5) is 27.8. The fourth-order valence-corrected chi connectivity index (χ4v) is 2.79. The zero-order valence-corrected chi connectivity index (χ0v) is 15.1. The first-order valence-electron chi connectivity index (χ1n) is 8.45. The first-order valence-corrected chi connectivity index (χ1v) is 8.45. The number of amides is 1. The second kappa shape index (κ2) is 8.36. The van der Waals surface area contributed by atoms with E-state index in [1.165, 1.54) is 19.2 Å². The Balaban J connectivity index is 1.74. The maximum absolute atomic E-state index is 12.4. The molecule has 0 aliphatic carbocycles. The fraction of sp³-hybridized carbons (Fsp3) is 0.150. The maximum Gasteiger partial charge on any atom is 0.336 e. The van der Waals surface area contributed by atoms with Crippen LogP contribution in [0.25, 0.3) is 0 Å². The van der Waals surface area contributed by atoms with Crippen molar-refractivity contribution >= 4 is 17.6 Å². The number of rotatable bonds is 7. The molecule has 1 heterocycles. The van der Waals surface area contributed by atoms with E-state index in [4.69, 9.17) is 4.74 Å². The van der Waals surface area contributed by atoms with Gasteiger partial charge in [-0.1, -0.05) is 24.3 Å². The summed E-state index contributed by atoms with van der Waals surface area (Å²) in [6.45, 7) is 0.280. The van der Waals surface area contributed by atoms with E-state index in [1.807, 2.05) is 12.1 Å². The summed E-state index contributed by atoms with van der Waals surface area (Å²) in [7, 11) is 1.51. The Morgan fingerprint density at radius 1 is 1.11 bits per heavy atom. The Bertz CT molecular complexity index is 974. The molecule has 3 N–H and O–H groups in total. The lowest BCUT2D eigenvalue weighted by molar-refractivity contribution is 0.0692. The number of nitrogens with zero attached hydrogens (tertiary/aromatic N) is 2. The normalized spacial score (nSPS) is 10.5. The molecule has 0 spiro atoms. The molecule has 3 aromatic rings. The minimum Gasteiger partial charge on any atom is -0.478 e. The van der Waals surface area contributed by atoms with Gasteiger partial charge in [-0.2, -0.15) is 0 Å². The number of imidazole rings is 1. The van der Waals surface area contributed by atoms with Gasteiger partial charge in [0.25, 0.3) is 11.9 Å². The smallest absolute Gasteiger partial charge is 0.336 e. The molecule has 0 atom stereocenters. The maximum atomic E-state index is 12.4. The standard InChI is InChI=1S/C20H19N3O5/c1-28-20-21-10-15(12-24)23(20)11-13-6-8-14(9-7-13)22-18(25)16-4-2-3-5-17(16)19(26)27/h2-10,24H,11-12H2,1H3,(H,22,25)(H,26,27). The number of ether oxygens (including phenoxy) is 1. The number of carbonyl (C=O) groups excluding carboxylic acids is 1. The molecule has 0 radical (unpaired) electrons. The third-order valence-electron chi connectivity index (χ3n) is 4.20. The first kappa shape index (κ1) is 19.1. The van der Waals surface area contributed by atoms with E-state index in [-0.39, 0.29) is 17.7 Å². The third-order valence-corrected chi connectivity index (χ3v) is 4.20. The number of carboxylic acids is 1. The van der Waals surface area contributed by atoms with Crippen molar-refractivity contribution in [2.75, 3.05) is 12.4 Å². The van der Waals surface area contributed by atoms with E-state index in [1.54, 1.807) is 35.0 Å². The van der Waals surface area contributed by atoms with Crippen LogP contribution in [0.5, 0.6) is 6.01 Å². The fourth-order valence-electron chi connectivity index (χ4n) is 2.79. The second-order valence-electron chi connectivity index (χ2n) is 5.98. The second-order valence-corrected chi connectivity index (χ2v) is 5.98. The summed E-state index contributed by atoms with van der Waals surface area (Å²) in [5.74, 6) is -1.65. The van der Waals surface area contributed by atoms with Crippen LogP contribution >= 0.6 is 0 Å². The Morgan fingerprint density at radius 2 is 1.79 bits per heavy atom. The quantitative estimate of drug-likeness (QED) is 0.579. The van der Waals surface area contributed by atoms with E-state index in [9.17, 15) is 19.8 Å². The molecule has 144 valence electrons. The number of benzene rings is 2. The molecule has 1 aromatic heterocycles. The predicted octanol–water partition coefficient (Wildman–Crippen LogP) is 2.38. The van der Waals surface area contributed by atoms with Crippen molar-refractivity contribution in [3.05, 3.63) is 77.1 Å². The zero-order valence-electron chi connectivity index (χ0n) is 15.1. The number of hydrogen-bond acceptors (Lipinski definition) is 5. The van der Waals surface area contributed by atoms with Gasteiger partial charge in [0.2, 0.25) is 0 Å². The average molecular weight is 381 g/mol. The van der Waals surface area contributed by atoms with Gasteiger partial charge in [-0.05, 0) is 29.8 Å². The van der Waals surface area contributed by atoms with Crippen LogP contribution in [0, 0.1) is 0 Å². The monoisotopic (exact) mass is 381 g/mol. The number of aromatic carboxylic acids is 1. The molecule has 0 saturated carbocycles. The van der Waals surface area contributed by atoms with Crippen LogP contribution in [-0.2, 0) is 13.2 Å². The highest BCUT2D eigenvalue weighted by Crippen LogP contribution is 2.18. The third kappa shape index (κ3) is 4.02. The Morgan fingerprint density at radius 3 is 2.39 bits per heavy atom. The molecule has 0 aliphatic heterocycles. The van der Waals surface area contributed by atoms with Gasteiger partial charge in [0.1, 0.15) is 0 Å². The molecule has 8 heteroatoms. The SMILES string of the molecule is COc1ncc(CO)n1Cc1ccc(NC(=O)c2ccccc2C(=O)O)cc1. The van der Waals surface area contributed by atoms with E-state index in [2.05, 4.69) is 10.3 Å². The number of hydrogen-bond donors (Lipinski definition) is 3. The number of anilines is 1. The van der Waals surface area contributed by atoms with E-state index < -0.39 is 11.9 Å². The minimum atomic E-state index is -1.16. The van der Waals surface area contributed by atoms with E-state index in [0.717, 1.165) is 5.56 Å². The lowest BCUT2D eigenvalue weighted by Crippen LogP contribution is -2.16. The molecule has 28 heavy (non-hydrogen) atoms. The van der Waals surface area contributed by atoms with Gasteiger partial charge < -0.3 is 20.3 Å². The van der Waals surface area contributed by atoms with Crippen LogP contribution in [0.15, 0.2) is 54.7 Å². The molecule has 3 rings (SSSR count). The number of aliphatic hydroxyl groups excluding tert-OH is 1. The van der Waals surface area contributed by atoms with Crippen molar-refractivity contribution in [2.24, 2.45) is 0 Å². The topological polar surface area (TPSA) is 114 Å². The van der Waals surface area contributed by atoms with Gasteiger partial charge in [-0.25, -0.2) is 9.78 Å². The van der Waals surface area contributed by atoms with Gasteiger partial charge in [-0.15, -0.1) is 0 Å². The largest absolute Gasteiger partial charge is 0.478 e. The molecule has 1 amide bonds. The van der Waals surface area contributed by atoms with E-state index >= 15 is 0 Å². The number of aliphatic hydroxyl groups is 1. The van der Waals surface area contributed by atoms with Gasteiger partial charge in [0.05, 0.1) is 43.3 Å². The number of aromatic nitrogens is 2. The Hall–Kier alpha value is -3.65. The molecule has 0 aliphatic rings. The highest BCUT2D eigenvalue weighted by Gasteiger charge is 2.16. The molecular weight excluding hydrogens is 362 g/mol. The number of carboxylic acid groups (broad SMARTS) is 1. The highest BCUT2D eigenvalue weighted by molar-refractivity contribution is 6.10. The molecule has 2 aromatic carbocycles. The summed E-state index contributed by atoms with van der Waals surface area (Å²) >= 11 is 0. The summed E-state index contributed by atoms with van der Waals surface area (Å²) in [6, 6.07) is 13.5. The van der Waals surface area contributed by atoms with Gasteiger partial charge >= 0.3 is 5.97 Å². The van der Waals surface area contributed by atoms with Crippen LogP contribution in [-0.4, -0.2) is 38.8 Å². The first-order chi connectivity index (χ1) is 13.5. The van der Waals surface area contributed by atoms with Crippen LogP contribution < -0.4 is 10.1 Å². The number of nitrogens with one attached hydrogen (secondary N) is 1. The molecule has 0 fully saturated rings. The number of methoxy groups -OCH3 is 1. The van der Waals surface area contributed by atoms with Crippen LogP contribution in [0.3, 0.4) is 0 Å². The summed E-state index contributed by atoms with van der Waals surface area (Å²) in [5, 5.41) is 21.3. The summed E-state index contributed by atoms with van der Waals surface area (Å²) in [6.07, 6.45) is 1.55. The van der Waals surface area contributed by atoms with Crippen molar-refractivity contribution in [1.82, 2.24) is 9.55 Å². The Kier molecular flexibility index (Phi) is 5.71. The van der Waals surface area contributed by atoms with Crippen molar-refractivity contribution in [3.8, 4) is 6.01 Å². The van der Waals surface area contributed by atoms with Crippen molar-refractivity contribution < 1.29 is 24.5 Å². The lowest BCUT2D eigenvalue weighted by atomic mass is 10.1. The van der Waals surface area contributed by atoms with E-state index in [0.29, 0.717) is 23.9 Å². The summed E-state index contributed by atoms with van der Waals surface area (Å²) < 4.78 is 6.94. The van der Waals surface area contributed by atoms with Crippen molar-refractivity contribution in [2.45, 2.75) is 13.2 Å². The van der Waals surface area contributed by atoms with Gasteiger partial charge in [0, 0.05) is 5.69 Å². The zero-order chi connectivity index (χ0) is 20.1. The van der Waals surface area contributed by atoms with Crippen molar-refractivity contribution in [3.63, 3.8) is 0 Å². The predicted molar refractivity (Wildman–Crippen MR) is 102 cm³/mol. The molecule has 8 nitrogen and oxygen atoms in total. The van der Waals surface area contributed by atoms with Gasteiger partial charge in [0.15, 0.2) is 0 Å². The van der Waals surface area contributed by atoms with Crippen LogP contribution in [0.1, 0.15) is 32.0 Å². The average Bonchev–Trinajstić information content (AvgIpc) is 3.11. The van der Waals surface area contributed by atoms with Crippen LogP contribution in [0.2, 0.25) is 0 Å². The molecule has 0 unspecified atom stereocenters. The molecular formula is C20H19N3O5. The van der Waals surface area contributed by atoms with Crippen LogP contribution in [0.4, 0.5) is 5.69 Å². The molecule has 0 saturated heterocycles. The number of carbonyl (C=O) groups is 2. The minimum absolute atomic E-state index is 0.0552. The highest BCUT2D eigenvalue weighted by atomic mass is 16.5.